The molecule has 0 saturated carbocycles. The van der Waals surface area contributed by atoms with Gasteiger partial charge in [-0.1, -0.05) is 12.1 Å². The minimum atomic E-state index is 0.887. The van der Waals surface area contributed by atoms with Gasteiger partial charge >= 0.3 is 0 Å². The lowest BCUT2D eigenvalue weighted by atomic mass is 10.3. The van der Waals surface area contributed by atoms with Gasteiger partial charge in [-0.3, -0.25) is 19.8 Å². The van der Waals surface area contributed by atoms with Crippen LogP contribution in [-0.2, 0) is 13.1 Å². The second-order valence-electron chi connectivity index (χ2n) is 5.12. The van der Waals surface area contributed by atoms with E-state index in [9.17, 15) is 0 Å². The molecule has 20 heavy (non-hydrogen) atoms. The maximum Gasteiger partial charge on any atom is 0.0543 e. The minimum Gasteiger partial charge on any atom is -0.299 e. The van der Waals surface area contributed by atoms with E-state index in [1.54, 1.807) is 0 Å². The van der Waals surface area contributed by atoms with Crippen LogP contribution >= 0.6 is 0 Å². The average Bonchev–Trinajstić information content (AvgIpc) is 2.47. The smallest absolute Gasteiger partial charge is 0.0543 e. The van der Waals surface area contributed by atoms with Gasteiger partial charge in [0.1, 0.15) is 0 Å². The lowest BCUT2D eigenvalue weighted by Crippen LogP contribution is -2.30. The Morgan fingerprint density at radius 3 is 1.55 bits per heavy atom. The van der Waals surface area contributed by atoms with Crippen molar-refractivity contribution >= 4 is 0 Å². The predicted molar refractivity (Wildman–Crippen MR) is 81.1 cm³/mol. The summed E-state index contributed by atoms with van der Waals surface area (Å²) in [6.07, 6.45) is 3.69. The quantitative estimate of drug-likeness (QED) is 0.770. The van der Waals surface area contributed by atoms with Gasteiger partial charge in [0, 0.05) is 38.6 Å². The Bertz CT molecular complexity index is 439. The summed E-state index contributed by atoms with van der Waals surface area (Å²) in [5.41, 5.74) is 2.23. The van der Waals surface area contributed by atoms with E-state index in [-0.39, 0.29) is 0 Å². The molecule has 106 valence electrons. The Labute approximate surface area is 121 Å². The highest BCUT2D eigenvalue weighted by atomic mass is 15.2. The third-order valence-corrected chi connectivity index (χ3v) is 3.18. The molecule has 2 aromatic rings. The number of hydrogen-bond donors (Lipinski definition) is 0. The first-order valence-corrected chi connectivity index (χ1v) is 6.91. The lowest BCUT2D eigenvalue weighted by Gasteiger charge is -2.21. The Kier molecular flexibility index (Phi) is 5.65. The molecule has 0 amide bonds. The first kappa shape index (κ1) is 14.6. The van der Waals surface area contributed by atoms with Gasteiger partial charge in [0.05, 0.1) is 11.4 Å². The van der Waals surface area contributed by atoms with Crippen LogP contribution in [0.1, 0.15) is 11.4 Å². The van der Waals surface area contributed by atoms with Gasteiger partial charge in [0.2, 0.25) is 0 Å². The molecule has 0 saturated heterocycles. The predicted octanol–water partition coefficient (Wildman–Crippen LogP) is 2.04. The van der Waals surface area contributed by atoms with Crippen LogP contribution in [0.25, 0.3) is 0 Å². The molecule has 0 unspecified atom stereocenters. The van der Waals surface area contributed by atoms with Gasteiger partial charge in [-0.15, -0.1) is 0 Å². The average molecular weight is 270 g/mol. The molecule has 2 aromatic heterocycles. The molecule has 2 rings (SSSR count). The number of aromatic nitrogens is 2. The number of likely N-dealkylation sites (N-methyl/N-ethyl adjacent to an activating group) is 2. The monoisotopic (exact) mass is 270 g/mol. The fourth-order valence-electron chi connectivity index (χ4n) is 2.04. The van der Waals surface area contributed by atoms with E-state index in [1.807, 2.05) is 36.7 Å². The molecule has 0 atom stereocenters. The summed E-state index contributed by atoms with van der Waals surface area (Å²) in [6.45, 7) is 3.80. The first-order valence-electron chi connectivity index (χ1n) is 6.91. The highest BCUT2D eigenvalue weighted by Crippen LogP contribution is 2.01. The molecule has 0 radical (unpaired) electrons. The van der Waals surface area contributed by atoms with E-state index in [2.05, 4.69) is 46.0 Å². The van der Waals surface area contributed by atoms with Crippen LogP contribution in [0, 0.1) is 0 Å². The van der Waals surface area contributed by atoms with Crippen LogP contribution in [0.3, 0.4) is 0 Å². The van der Waals surface area contributed by atoms with Crippen molar-refractivity contribution in [2.24, 2.45) is 0 Å². The fraction of sp³-hybridized carbons (Fsp3) is 0.375. The molecule has 0 N–H and O–H groups in total. The van der Waals surface area contributed by atoms with Crippen LogP contribution in [0.15, 0.2) is 48.8 Å². The molecule has 0 aliphatic heterocycles. The second kappa shape index (κ2) is 7.72. The zero-order chi connectivity index (χ0) is 14.2. The van der Waals surface area contributed by atoms with Crippen molar-refractivity contribution in [1.82, 2.24) is 19.8 Å². The minimum absolute atomic E-state index is 0.887. The van der Waals surface area contributed by atoms with Gasteiger partial charge in [-0.25, -0.2) is 0 Å². The molecule has 0 aromatic carbocycles. The highest BCUT2D eigenvalue weighted by molar-refractivity contribution is 5.04. The van der Waals surface area contributed by atoms with E-state index in [4.69, 9.17) is 0 Å². The standard InChI is InChI=1S/C16H22N4/c1-19(13-15-7-3-5-9-17-15)11-12-20(2)14-16-8-4-6-10-18-16/h3-10H,11-14H2,1-2H3. The lowest BCUT2D eigenvalue weighted by molar-refractivity contribution is 0.244. The zero-order valence-corrected chi connectivity index (χ0v) is 12.2. The summed E-state index contributed by atoms with van der Waals surface area (Å²) in [5, 5.41) is 0. The summed E-state index contributed by atoms with van der Waals surface area (Å²) in [7, 11) is 4.26. The van der Waals surface area contributed by atoms with Crippen LogP contribution < -0.4 is 0 Å². The van der Waals surface area contributed by atoms with Gasteiger partial charge in [0.15, 0.2) is 0 Å². The first-order chi connectivity index (χ1) is 9.74. The Morgan fingerprint density at radius 1 is 0.750 bits per heavy atom. The third kappa shape index (κ3) is 5.07. The molecule has 0 fully saturated rings. The molecule has 4 nitrogen and oxygen atoms in total. The Morgan fingerprint density at radius 2 is 1.20 bits per heavy atom. The van der Waals surface area contributed by atoms with Crippen LogP contribution in [0.4, 0.5) is 0 Å². The van der Waals surface area contributed by atoms with Crippen molar-refractivity contribution in [2.45, 2.75) is 13.1 Å². The summed E-state index contributed by atoms with van der Waals surface area (Å²) in [6, 6.07) is 12.1. The largest absolute Gasteiger partial charge is 0.299 e. The topological polar surface area (TPSA) is 32.3 Å². The molecule has 4 heteroatoms. The van der Waals surface area contributed by atoms with E-state index >= 15 is 0 Å². The van der Waals surface area contributed by atoms with Crippen molar-refractivity contribution in [3.05, 3.63) is 60.2 Å². The van der Waals surface area contributed by atoms with E-state index in [0.717, 1.165) is 37.6 Å². The van der Waals surface area contributed by atoms with Crippen molar-refractivity contribution in [1.29, 1.82) is 0 Å². The summed E-state index contributed by atoms with van der Waals surface area (Å²) < 4.78 is 0. The summed E-state index contributed by atoms with van der Waals surface area (Å²) >= 11 is 0. The van der Waals surface area contributed by atoms with Crippen molar-refractivity contribution in [3.63, 3.8) is 0 Å². The molecule has 0 aliphatic rings. The van der Waals surface area contributed by atoms with Crippen LogP contribution in [-0.4, -0.2) is 47.0 Å². The van der Waals surface area contributed by atoms with Gasteiger partial charge in [-0.2, -0.15) is 0 Å². The number of nitrogens with zero attached hydrogens (tertiary/aromatic N) is 4. The number of pyridine rings is 2. The van der Waals surface area contributed by atoms with E-state index in [1.165, 1.54) is 0 Å². The molecular formula is C16H22N4. The molecule has 0 bridgehead atoms. The summed E-state index contributed by atoms with van der Waals surface area (Å²) in [5.74, 6) is 0. The number of rotatable bonds is 7. The van der Waals surface area contributed by atoms with Crippen LogP contribution in [0.5, 0.6) is 0 Å². The van der Waals surface area contributed by atoms with Gasteiger partial charge < -0.3 is 0 Å². The Balaban J connectivity index is 1.71. The van der Waals surface area contributed by atoms with Crippen molar-refractivity contribution < 1.29 is 0 Å². The van der Waals surface area contributed by atoms with Gasteiger partial charge in [0.25, 0.3) is 0 Å². The van der Waals surface area contributed by atoms with Crippen molar-refractivity contribution in [3.8, 4) is 0 Å². The van der Waals surface area contributed by atoms with Crippen LogP contribution in [0.2, 0.25) is 0 Å². The molecule has 2 heterocycles. The molecule has 0 aliphatic carbocycles. The molecule has 0 spiro atoms. The van der Waals surface area contributed by atoms with E-state index in [0.29, 0.717) is 0 Å². The van der Waals surface area contributed by atoms with Crippen molar-refractivity contribution in [2.75, 3.05) is 27.2 Å². The van der Waals surface area contributed by atoms with Gasteiger partial charge in [-0.05, 0) is 38.4 Å². The summed E-state index contributed by atoms with van der Waals surface area (Å²) in [4.78, 5) is 13.3. The normalized spacial score (nSPS) is 11.2. The maximum atomic E-state index is 4.35. The Hall–Kier alpha value is -1.78. The van der Waals surface area contributed by atoms with E-state index < -0.39 is 0 Å². The fourth-order valence-corrected chi connectivity index (χ4v) is 2.04. The second-order valence-corrected chi connectivity index (χ2v) is 5.12. The molecular weight excluding hydrogens is 248 g/mol. The maximum absolute atomic E-state index is 4.35. The third-order valence-electron chi connectivity index (χ3n) is 3.18. The highest BCUT2D eigenvalue weighted by Gasteiger charge is 2.04. The zero-order valence-electron chi connectivity index (χ0n) is 12.2. The number of hydrogen-bond acceptors (Lipinski definition) is 4. The SMILES string of the molecule is CN(CCN(C)Cc1ccccn1)Cc1ccccn1.